The van der Waals surface area contributed by atoms with E-state index in [0.717, 1.165) is 5.56 Å². The minimum Gasteiger partial charge on any atom is -0.497 e. The number of fused-ring (bicyclic) bond motifs is 1. The molecule has 0 fully saturated rings. The summed E-state index contributed by atoms with van der Waals surface area (Å²) in [6.45, 7) is 9.54. The lowest BCUT2D eigenvalue weighted by Crippen LogP contribution is -2.60. The lowest BCUT2D eigenvalue weighted by molar-refractivity contribution is -0.120. The number of ether oxygens (including phenoxy) is 1. The molecule has 27 heavy (non-hydrogen) atoms. The van der Waals surface area contributed by atoms with Gasteiger partial charge in [-0.05, 0) is 17.7 Å². The Balaban J connectivity index is 2.38. The number of hydrogen-bond acceptors (Lipinski definition) is 6. The number of benzene rings is 1. The first kappa shape index (κ1) is 19.9. The predicted molar refractivity (Wildman–Crippen MR) is 103 cm³/mol. The van der Waals surface area contributed by atoms with Crippen molar-refractivity contribution >= 4 is 11.8 Å². The zero-order valence-corrected chi connectivity index (χ0v) is 15.5. The molecule has 8 nitrogen and oxygen atoms in total. The molecule has 1 heterocycles. The summed E-state index contributed by atoms with van der Waals surface area (Å²) >= 11 is 0. The first-order chi connectivity index (χ1) is 12.7. The molecule has 1 aromatic rings. The molecular formula is C19H25N5O3. The van der Waals surface area contributed by atoms with E-state index in [9.17, 15) is 9.59 Å². The number of carbonyl (C=O) groups excluding carboxylic acids is 2. The Morgan fingerprint density at radius 1 is 1.44 bits per heavy atom. The Morgan fingerprint density at radius 3 is 2.70 bits per heavy atom. The van der Waals surface area contributed by atoms with Gasteiger partial charge in [0.05, 0.1) is 13.7 Å². The number of amides is 2. The second-order valence-electron chi connectivity index (χ2n) is 6.28. The van der Waals surface area contributed by atoms with E-state index in [1.807, 2.05) is 6.07 Å². The lowest BCUT2D eigenvalue weighted by Gasteiger charge is -2.39. The zero-order valence-electron chi connectivity index (χ0n) is 15.5. The van der Waals surface area contributed by atoms with Gasteiger partial charge in [0.15, 0.2) is 0 Å². The summed E-state index contributed by atoms with van der Waals surface area (Å²) in [6, 6.07) is 5.33. The van der Waals surface area contributed by atoms with Gasteiger partial charge in [0.2, 0.25) is 5.91 Å². The number of nitrogens with zero attached hydrogens (tertiary/aromatic N) is 1. The van der Waals surface area contributed by atoms with Crippen molar-refractivity contribution in [3.63, 3.8) is 0 Å². The third-order valence-electron chi connectivity index (χ3n) is 4.43. The molecule has 0 saturated heterocycles. The number of nitrogens with two attached hydrogens (primary N) is 2. The molecule has 2 amide bonds. The van der Waals surface area contributed by atoms with Crippen LogP contribution in [0.5, 0.6) is 5.75 Å². The van der Waals surface area contributed by atoms with Crippen LogP contribution in [0.1, 0.15) is 22.8 Å². The van der Waals surface area contributed by atoms with E-state index in [4.69, 9.17) is 16.2 Å². The van der Waals surface area contributed by atoms with E-state index in [0.29, 0.717) is 23.6 Å². The average molecular weight is 371 g/mol. The van der Waals surface area contributed by atoms with Crippen LogP contribution in [-0.4, -0.2) is 35.9 Å². The minimum atomic E-state index is -1.27. The fourth-order valence-corrected chi connectivity index (χ4v) is 3.04. The molecule has 1 unspecified atom stereocenters. The fraction of sp³-hybridized carbons (Fsp3) is 0.263. The van der Waals surface area contributed by atoms with E-state index in [-0.39, 0.29) is 24.1 Å². The third-order valence-corrected chi connectivity index (χ3v) is 4.43. The van der Waals surface area contributed by atoms with Crippen molar-refractivity contribution < 1.29 is 14.3 Å². The molecule has 6 N–H and O–H groups in total. The Bertz CT molecular complexity index is 818. The molecule has 0 aliphatic carbocycles. The molecule has 1 aliphatic heterocycles. The molecule has 0 radical (unpaired) electrons. The number of rotatable bonds is 8. The van der Waals surface area contributed by atoms with E-state index in [2.05, 4.69) is 23.8 Å². The van der Waals surface area contributed by atoms with Crippen molar-refractivity contribution in [3.8, 4) is 5.75 Å². The van der Waals surface area contributed by atoms with Gasteiger partial charge in [-0.15, -0.1) is 0 Å². The summed E-state index contributed by atoms with van der Waals surface area (Å²) in [5, 5.41) is 5.65. The van der Waals surface area contributed by atoms with Gasteiger partial charge in [0.1, 0.15) is 11.3 Å². The lowest BCUT2D eigenvalue weighted by atomic mass is 9.91. The van der Waals surface area contributed by atoms with E-state index in [1.54, 1.807) is 24.1 Å². The first-order valence-electron chi connectivity index (χ1n) is 8.27. The number of nitrogens with one attached hydrogen (secondary N) is 2. The Kier molecular flexibility index (Phi) is 5.79. The third kappa shape index (κ3) is 3.89. The zero-order chi connectivity index (χ0) is 20.2. The first-order valence-corrected chi connectivity index (χ1v) is 8.27. The van der Waals surface area contributed by atoms with Crippen LogP contribution >= 0.6 is 0 Å². The van der Waals surface area contributed by atoms with Gasteiger partial charge in [-0.2, -0.15) is 0 Å². The van der Waals surface area contributed by atoms with Crippen molar-refractivity contribution in [1.29, 1.82) is 0 Å². The predicted octanol–water partition coefficient (Wildman–Crippen LogP) is 0.532. The maximum atomic E-state index is 12.9. The summed E-state index contributed by atoms with van der Waals surface area (Å²) in [5.41, 5.74) is 12.0. The number of carbonyl (C=O) groups is 2. The maximum absolute atomic E-state index is 12.9. The van der Waals surface area contributed by atoms with Crippen LogP contribution in [0, 0.1) is 0 Å². The number of methoxy groups -OCH3 is 1. The van der Waals surface area contributed by atoms with Crippen molar-refractivity contribution in [2.45, 2.75) is 19.0 Å². The Morgan fingerprint density at radius 2 is 2.15 bits per heavy atom. The quantitative estimate of drug-likeness (QED) is 0.529. The number of hydrogen-bond donors (Lipinski definition) is 4. The second kappa shape index (κ2) is 7.86. The molecule has 1 aliphatic rings. The SMILES string of the molecule is C=C(N)C(CN1Cc2ccc(OC)cc2C1=O)(NC(C)=O)C(=C)N/C=C\N. The highest BCUT2D eigenvalue weighted by Gasteiger charge is 2.41. The van der Waals surface area contributed by atoms with Gasteiger partial charge >= 0.3 is 0 Å². The summed E-state index contributed by atoms with van der Waals surface area (Å²) in [7, 11) is 1.54. The molecule has 0 spiro atoms. The normalized spacial score (nSPS) is 15.2. The summed E-state index contributed by atoms with van der Waals surface area (Å²) < 4.78 is 5.19. The second-order valence-corrected chi connectivity index (χ2v) is 6.28. The summed E-state index contributed by atoms with van der Waals surface area (Å²) in [6.07, 6.45) is 2.74. The van der Waals surface area contributed by atoms with Gasteiger partial charge < -0.3 is 31.7 Å². The Labute approximate surface area is 158 Å². The molecule has 1 atom stereocenters. The van der Waals surface area contributed by atoms with Crippen LogP contribution in [0.2, 0.25) is 0 Å². The summed E-state index contributed by atoms with van der Waals surface area (Å²) in [5.74, 6) is 0.0635. The van der Waals surface area contributed by atoms with Crippen molar-refractivity contribution in [2.24, 2.45) is 11.5 Å². The molecule has 2 rings (SSSR count). The molecule has 0 bridgehead atoms. The van der Waals surface area contributed by atoms with E-state index in [1.165, 1.54) is 19.3 Å². The molecular weight excluding hydrogens is 346 g/mol. The van der Waals surface area contributed by atoms with Gasteiger partial charge in [-0.3, -0.25) is 9.59 Å². The molecule has 0 aromatic heterocycles. The van der Waals surface area contributed by atoms with Gasteiger partial charge in [0.25, 0.3) is 5.91 Å². The van der Waals surface area contributed by atoms with E-state index < -0.39 is 5.54 Å². The van der Waals surface area contributed by atoms with Crippen molar-refractivity contribution in [2.75, 3.05) is 13.7 Å². The molecule has 1 aromatic carbocycles. The van der Waals surface area contributed by atoms with Gasteiger partial charge in [0, 0.05) is 42.8 Å². The highest BCUT2D eigenvalue weighted by Crippen LogP contribution is 2.30. The maximum Gasteiger partial charge on any atom is 0.254 e. The highest BCUT2D eigenvalue weighted by atomic mass is 16.5. The average Bonchev–Trinajstić information content (AvgIpc) is 2.93. The van der Waals surface area contributed by atoms with Crippen LogP contribution in [0.4, 0.5) is 0 Å². The van der Waals surface area contributed by atoms with Crippen molar-refractivity contribution in [3.05, 3.63) is 66.3 Å². The molecule has 8 heteroatoms. The van der Waals surface area contributed by atoms with Crippen LogP contribution in [0.3, 0.4) is 0 Å². The van der Waals surface area contributed by atoms with E-state index >= 15 is 0 Å². The monoisotopic (exact) mass is 371 g/mol. The van der Waals surface area contributed by atoms with Crippen molar-refractivity contribution in [1.82, 2.24) is 15.5 Å². The molecule has 0 saturated carbocycles. The van der Waals surface area contributed by atoms with Gasteiger partial charge in [-0.1, -0.05) is 19.2 Å². The van der Waals surface area contributed by atoms with Crippen LogP contribution < -0.4 is 26.8 Å². The van der Waals surface area contributed by atoms with Crippen LogP contribution in [0.25, 0.3) is 0 Å². The Hall–Kier alpha value is -3.42. The van der Waals surface area contributed by atoms with Gasteiger partial charge in [-0.25, -0.2) is 0 Å². The largest absolute Gasteiger partial charge is 0.497 e. The topological polar surface area (TPSA) is 123 Å². The minimum absolute atomic E-state index is 0.0575. The smallest absolute Gasteiger partial charge is 0.254 e. The molecule has 144 valence electrons. The highest BCUT2D eigenvalue weighted by molar-refractivity contribution is 5.99. The fourth-order valence-electron chi connectivity index (χ4n) is 3.04. The van der Waals surface area contributed by atoms with Crippen LogP contribution in [-0.2, 0) is 11.3 Å². The standard InChI is InChI=1S/C19H25N5O3/c1-12(21)19(23-14(3)25,13(2)22-8-7-20)11-24-10-15-5-6-16(27-4)9-17(15)18(24)26/h5-9,22H,1-2,10-11,20-21H2,3-4H3,(H,23,25)/b8-7-. The summed E-state index contributed by atoms with van der Waals surface area (Å²) in [4.78, 5) is 26.3. The van der Waals surface area contributed by atoms with Crippen LogP contribution in [0.15, 0.2) is 55.2 Å².